The van der Waals surface area contributed by atoms with Gasteiger partial charge in [0.2, 0.25) is 0 Å². The number of carbonyl (C=O) groups is 1. The summed E-state index contributed by atoms with van der Waals surface area (Å²) in [5, 5.41) is 4.13. The molecule has 1 amide bonds. The molecule has 0 spiro atoms. The second-order valence-corrected chi connectivity index (χ2v) is 5.74. The molecule has 2 heterocycles. The number of hydrogen-bond acceptors (Lipinski definition) is 3. The monoisotopic (exact) mass is 328 g/mol. The number of nitrogens with zero attached hydrogens (tertiary/aromatic N) is 4. The molecule has 0 aliphatic heterocycles. The lowest BCUT2D eigenvalue weighted by molar-refractivity contribution is 0.0992. The maximum absolute atomic E-state index is 14.1. The van der Waals surface area contributed by atoms with Gasteiger partial charge in [-0.3, -0.25) is 9.48 Å². The van der Waals surface area contributed by atoms with Gasteiger partial charge in [-0.1, -0.05) is 23.3 Å². The van der Waals surface area contributed by atoms with Crippen LogP contribution < -0.4 is 4.80 Å². The van der Waals surface area contributed by atoms with E-state index >= 15 is 0 Å². The molecule has 7 heteroatoms. The summed E-state index contributed by atoms with van der Waals surface area (Å²) < 4.78 is 17.9. The van der Waals surface area contributed by atoms with Gasteiger partial charge in [-0.2, -0.15) is 10.1 Å². The number of aromatic nitrogens is 3. The quantitative estimate of drug-likeness (QED) is 0.694. The number of carbonyl (C=O) groups excluding carboxylic acids is 1. The SMILES string of the molecule is C#CCn1c(=NC(=O)c2ccn(CC)n2)sc2cccc(F)c21. The van der Waals surface area contributed by atoms with Crippen molar-refractivity contribution in [2.75, 3.05) is 0 Å². The van der Waals surface area contributed by atoms with Crippen LogP contribution in [0.5, 0.6) is 0 Å². The largest absolute Gasteiger partial charge is 0.302 e. The van der Waals surface area contributed by atoms with Crippen LogP contribution in [0.1, 0.15) is 17.4 Å². The van der Waals surface area contributed by atoms with Crippen molar-refractivity contribution < 1.29 is 9.18 Å². The van der Waals surface area contributed by atoms with Gasteiger partial charge in [-0.15, -0.1) is 6.42 Å². The molecule has 2 aromatic heterocycles. The van der Waals surface area contributed by atoms with E-state index in [1.54, 1.807) is 29.1 Å². The lowest BCUT2D eigenvalue weighted by Crippen LogP contribution is -2.17. The summed E-state index contributed by atoms with van der Waals surface area (Å²) >= 11 is 1.22. The molecule has 1 aromatic carbocycles. The van der Waals surface area contributed by atoms with Crippen LogP contribution in [-0.4, -0.2) is 20.3 Å². The summed E-state index contributed by atoms with van der Waals surface area (Å²) in [6, 6.07) is 6.35. The molecule has 3 aromatic rings. The summed E-state index contributed by atoms with van der Waals surface area (Å²) in [6.45, 7) is 2.73. The minimum atomic E-state index is -0.477. The van der Waals surface area contributed by atoms with Gasteiger partial charge < -0.3 is 4.57 Å². The number of rotatable bonds is 3. The van der Waals surface area contributed by atoms with Gasteiger partial charge in [0.05, 0.1) is 16.8 Å². The third-order valence-corrected chi connectivity index (χ3v) is 4.33. The van der Waals surface area contributed by atoms with E-state index in [1.165, 1.54) is 22.0 Å². The Hall–Kier alpha value is -2.72. The van der Waals surface area contributed by atoms with E-state index < -0.39 is 11.7 Å². The highest BCUT2D eigenvalue weighted by atomic mass is 32.1. The molecule has 0 aliphatic carbocycles. The first-order valence-corrected chi connectivity index (χ1v) is 7.79. The van der Waals surface area contributed by atoms with E-state index in [0.717, 1.165) is 0 Å². The molecular weight excluding hydrogens is 315 g/mol. The van der Waals surface area contributed by atoms with Crippen LogP contribution in [-0.2, 0) is 13.1 Å². The van der Waals surface area contributed by atoms with E-state index in [2.05, 4.69) is 16.0 Å². The number of aryl methyl sites for hydroxylation is 1. The Bertz CT molecular complexity index is 990. The molecule has 23 heavy (non-hydrogen) atoms. The highest BCUT2D eigenvalue weighted by molar-refractivity contribution is 7.16. The smallest absolute Gasteiger partial charge is 0.300 e. The second kappa shape index (κ2) is 6.18. The zero-order valence-electron chi connectivity index (χ0n) is 12.4. The van der Waals surface area contributed by atoms with Gasteiger partial charge in [0, 0.05) is 12.7 Å². The number of para-hydroxylation sites is 1. The second-order valence-electron chi connectivity index (χ2n) is 4.74. The molecule has 0 fully saturated rings. The third-order valence-electron chi connectivity index (χ3n) is 3.28. The average Bonchev–Trinajstić information content (AvgIpc) is 3.14. The molecule has 116 valence electrons. The molecule has 0 saturated heterocycles. The molecule has 0 N–H and O–H groups in total. The highest BCUT2D eigenvalue weighted by Crippen LogP contribution is 2.20. The van der Waals surface area contributed by atoms with E-state index in [4.69, 9.17) is 6.42 Å². The molecular formula is C16H13FN4OS. The maximum Gasteiger partial charge on any atom is 0.300 e. The standard InChI is InChI=1S/C16H13FN4OS/c1-3-9-21-14-11(17)6-5-7-13(14)23-16(21)18-15(22)12-8-10-20(4-2)19-12/h1,5-8,10H,4,9H2,2H3. The fourth-order valence-corrected chi connectivity index (χ4v) is 3.25. The van der Waals surface area contributed by atoms with Crippen LogP contribution in [0.3, 0.4) is 0 Å². The minimum absolute atomic E-state index is 0.135. The number of terminal acetylenes is 1. The fourth-order valence-electron chi connectivity index (χ4n) is 2.21. The number of thiazole rings is 1. The van der Waals surface area contributed by atoms with E-state index in [1.807, 2.05) is 6.92 Å². The number of halogens is 1. The predicted octanol–water partition coefficient (Wildman–Crippen LogP) is 2.43. The average molecular weight is 328 g/mol. The molecule has 0 bridgehead atoms. The first-order valence-electron chi connectivity index (χ1n) is 6.98. The molecule has 0 saturated carbocycles. The van der Waals surface area contributed by atoms with Crippen LogP contribution >= 0.6 is 11.3 Å². The van der Waals surface area contributed by atoms with Crippen molar-refractivity contribution >= 4 is 27.5 Å². The zero-order chi connectivity index (χ0) is 16.4. The molecule has 0 atom stereocenters. The lowest BCUT2D eigenvalue weighted by Gasteiger charge is -2.00. The highest BCUT2D eigenvalue weighted by Gasteiger charge is 2.13. The number of hydrogen-bond donors (Lipinski definition) is 0. The Balaban J connectivity index is 2.15. The van der Waals surface area contributed by atoms with E-state index in [-0.39, 0.29) is 12.2 Å². The molecule has 0 unspecified atom stereocenters. The zero-order valence-corrected chi connectivity index (χ0v) is 13.2. The minimum Gasteiger partial charge on any atom is -0.302 e. The van der Waals surface area contributed by atoms with Crippen molar-refractivity contribution in [3.05, 3.63) is 46.8 Å². The van der Waals surface area contributed by atoms with E-state index in [0.29, 0.717) is 21.6 Å². The summed E-state index contributed by atoms with van der Waals surface area (Å²) in [5.41, 5.74) is 0.609. The predicted molar refractivity (Wildman–Crippen MR) is 86.4 cm³/mol. The molecule has 5 nitrogen and oxygen atoms in total. The van der Waals surface area contributed by atoms with Gasteiger partial charge in [0.15, 0.2) is 10.5 Å². The van der Waals surface area contributed by atoms with Crippen LogP contribution in [0.25, 0.3) is 10.2 Å². The van der Waals surface area contributed by atoms with E-state index in [9.17, 15) is 9.18 Å². The van der Waals surface area contributed by atoms with Crippen LogP contribution in [0.15, 0.2) is 35.5 Å². The lowest BCUT2D eigenvalue weighted by atomic mass is 10.3. The first kappa shape index (κ1) is 15.2. The Morgan fingerprint density at radius 2 is 2.30 bits per heavy atom. The van der Waals surface area contributed by atoms with Crippen LogP contribution in [0, 0.1) is 18.2 Å². The van der Waals surface area contributed by atoms with Crippen molar-refractivity contribution in [1.29, 1.82) is 0 Å². The van der Waals surface area contributed by atoms with Crippen molar-refractivity contribution in [2.45, 2.75) is 20.0 Å². The number of benzene rings is 1. The maximum atomic E-state index is 14.1. The molecule has 0 aliphatic rings. The fraction of sp³-hybridized carbons (Fsp3) is 0.188. The van der Waals surface area contributed by atoms with Crippen molar-refractivity contribution in [1.82, 2.24) is 14.3 Å². The molecule has 0 radical (unpaired) electrons. The molecule has 3 rings (SSSR count). The van der Waals surface area contributed by atoms with Gasteiger partial charge in [-0.25, -0.2) is 4.39 Å². The Labute approximate surface area is 135 Å². The van der Waals surface area contributed by atoms with Gasteiger partial charge in [0.25, 0.3) is 5.91 Å². The number of amides is 1. The van der Waals surface area contributed by atoms with Crippen LogP contribution in [0.2, 0.25) is 0 Å². The van der Waals surface area contributed by atoms with Crippen molar-refractivity contribution in [2.24, 2.45) is 4.99 Å². The Morgan fingerprint density at radius 3 is 3.00 bits per heavy atom. The van der Waals surface area contributed by atoms with Crippen LogP contribution in [0.4, 0.5) is 4.39 Å². The summed E-state index contributed by atoms with van der Waals surface area (Å²) in [6.07, 6.45) is 7.07. The van der Waals surface area contributed by atoms with Gasteiger partial charge in [0.1, 0.15) is 5.82 Å². The first-order chi connectivity index (χ1) is 11.1. The van der Waals surface area contributed by atoms with Gasteiger partial charge in [-0.05, 0) is 25.1 Å². The van der Waals surface area contributed by atoms with Gasteiger partial charge >= 0.3 is 0 Å². The Kier molecular flexibility index (Phi) is 4.08. The topological polar surface area (TPSA) is 52.2 Å². The van der Waals surface area contributed by atoms with Crippen molar-refractivity contribution in [3.8, 4) is 12.3 Å². The Morgan fingerprint density at radius 1 is 1.48 bits per heavy atom. The number of fused-ring (bicyclic) bond motifs is 1. The summed E-state index contributed by atoms with van der Waals surface area (Å²) in [7, 11) is 0. The summed E-state index contributed by atoms with van der Waals surface area (Å²) in [5.74, 6) is 1.60. The van der Waals surface area contributed by atoms with Crippen molar-refractivity contribution in [3.63, 3.8) is 0 Å². The summed E-state index contributed by atoms with van der Waals surface area (Å²) in [4.78, 5) is 16.7. The third kappa shape index (κ3) is 2.81. The normalized spacial score (nSPS) is 11.8.